The third kappa shape index (κ3) is 6.25. The molecule has 0 unspecified atom stereocenters. The molecule has 0 aromatic heterocycles. The van der Waals surface area contributed by atoms with E-state index in [2.05, 4.69) is 11.4 Å². The van der Waals surface area contributed by atoms with Crippen LogP contribution in [0.4, 0.5) is 0 Å². The first-order chi connectivity index (χ1) is 10.7. The van der Waals surface area contributed by atoms with E-state index >= 15 is 0 Å². The Bertz CT molecular complexity index is 400. The lowest BCUT2D eigenvalue weighted by atomic mass is 9.83. The largest absolute Gasteiger partial charge is 0.385 e. The fourth-order valence-corrected chi connectivity index (χ4v) is 3.07. The van der Waals surface area contributed by atoms with Crippen molar-refractivity contribution in [2.45, 2.75) is 44.1 Å². The number of hydrogen-bond donors (Lipinski definition) is 1. The lowest BCUT2D eigenvalue weighted by Crippen LogP contribution is -2.29. The number of unbranched alkanes of at least 4 members (excludes halogenated alkanes) is 2. The van der Waals surface area contributed by atoms with Crippen molar-refractivity contribution in [1.29, 1.82) is 0 Å². The van der Waals surface area contributed by atoms with Crippen LogP contribution in [0.15, 0.2) is 24.3 Å². The Labute approximate surface area is 140 Å². The zero-order chi connectivity index (χ0) is 16.3. The van der Waals surface area contributed by atoms with Crippen LogP contribution in [0, 0.1) is 0 Å². The van der Waals surface area contributed by atoms with E-state index in [0.717, 1.165) is 56.7 Å². The van der Waals surface area contributed by atoms with Crippen molar-refractivity contribution in [2.75, 3.05) is 34.4 Å². The summed E-state index contributed by atoms with van der Waals surface area (Å²) in [5.41, 5.74) is 0.941. The van der Waals surface area contributed by atoms with E-state index in [1.165, 1.54) is 5.56 Å². The Hall–Kier alpha value is -0.610. The van der Waals surface area contributed by atoms with Crippen molar-refractivity contribution in [1.82, 2.24) is 5.32 Å². The van der Waals surface area contributed by atoms with Crippen LogP contribution in [-0.4, -0.2) is 34.4 Å². The Kier molecular flexibility index (Phi) is 9.73. The van der Waals surface area contributed by atoms with Gasteiger partial charge in [0.2, 0.25) is 0 Å². The van der Waals surface area contributed by atoms with Gasteiger partial charge in [0.05, 0.1) is 5.60 Å². The summed E-state index contributed by atoms with van der Waals surface area (Å²) in [6, 6.07) is 8.09. The van der Waals surface area contributed by atoms with Crippen LogP contribution in [0.2, 0.25) is 5.02 Å². The summed E-state index contributed by atoms with van der Waals surface area (Å²) in [6.45, 7) is 1.84. The molecule has 3 nitrogen and oxygen atoms in total. The summed E-state index contributed by atoms with van der Waals surface area (Å²) in [7, 11) is 5.55. The number of rotatable bonds is 12. The molecule has 0 heterocycles. The van der Waals surface area contributed by atoms with Crippen LogP contribution in [0.3, 0.4) is 0 Å². The van der Waals surface area contributed by atoms with Crippen LogP contribution in [-0.2, 0) is 15.1 Å². The van der Waals surface area contributed by atoms with Gasteiger partial charge in [-0.3, -0.25) is 0 Å². The highest BCUT2D eigenvalue weighted by atomic mass is 35.5. The van der Waals surface area contributed by atoms with Crippen LogP contribution in [0.25, 0.3) is 0 Å². The van der Waals surface area contributed by atoms with E-state index in [9.17, 15) is 0 Å². The van der Waals surface area contributed by atoms with Gasteiger partial charge in [-0.15, -0.1) is 0 Å². The van der Waals surface area contributed by atoms with Crippen molar-refractivity contribution >= 4 is 11.6 Å². The maximum absolute atomic E-state index is 6.19. The summed E-state index contributed by atoms with van der Waals surface area (Å²) in [4.78, 5) is 0. The molecular formula is C18H30ClNO2. The van der Waals surface area contributed by atoms with Crippen LogP contribution < -0.4 is 5.32 Å². The fourth-order valence-electron chi connectivity index (χ4n) is 2.88. The Morgan fingerprint density at radius 2 is 1.82 bits per heavy atom. The molecular weight excluding hydrogens is 298 g/mol. The minimum absolute atomic E-state index is 0.244. The van der Waals surface area contributed by atoms with Gasteiger partial charge < -0.3 is 14.8 Å². The Balaban J connectivity index is 2.80. The van der Waals surface area contributed by atoms with E-state index in [0.29, 0.717) is 0 Å². The van der Waals surface area contributed by atoms with Crippen molar-refractivity contribution < 1.29 is 9.47 Å². The molecule has 0 radical (unpaired) electrons. The summed E-state index contributed by atoms with van der Waals surface area (Å²) in [6.07, 6.45) is 6.43. The average Bonchev–Trinajstić information content (AvgIpc) is 2.54. The van der Waals surface area contributed by atoms with Gasteiger partial charge >= 0.3 is 0 Å². The van der Waals surface area contributed by atoms with E-state index < -0.39 is 0 Å². The second kappa shape index (κ2) is 11.0. The van der Waals surface area contributed by atoms with Crippen molar-refractivity contribution in [3.8, 4) is 0 Å². The monoisotopic (exact) mass is 327 g/mol. The number of hydrogen-bond acceptors (Lipinski definition) is 3. The maximum atomic E-state index is 6.19. The quantitative estimate of drug-likeness (QED) is 0.578. The van der Waals surface area contributed by atoms with Crippen molar-refractivity contribution in [2.24, 2.45) is 0 Å². The molecule has 1 aromatic rings. The standard InChI is InChI=1S/C18H30ClNO2/c1-20-13-6-4-11-18(22-3,12-5-7-14-21-2)16-9-8-10-17(19)15-16/h8-10,15,20H,4-7,11-14H2,1-3H3/t18-/m1/s1. The van der Waals surface area contributed by atoms with Gasteiger partial charge in [-0.05, 0) is 69.8 Å². The molecule has 0 aliphatic heterocycles. The first kappa shape index (κ1) is 19.4. The molecule has 1 atom stereocenters. The molecule has 0 amide bonds. The van der Waals surface area contributed by atoms with Crippen molar-refractivity contribution in [3.63, 3.8) is 0 Å². The fraction of sp³-hybridized carbons (Fsp3) is 0.667. The predicted molar refractivity (Wildman–Crippen MR) is 93.6 cm³/mol. The normalized spacial score (nSPS) is 14.0. The predicted octanol–water partition coefficient (Wildman–Crippen LogP) is 4.39. The molecule has 22 heavy (non-hydrogen) atoms. The van der Waals surface area contributed by atoms with E-state index in [4.69, 9.17) is 21.1 Å². The molecule has 0 spiro atoms. The Morgan fingerprint density at radius 1 is 1.09 bits per heavy atom. The smallest absolute Gasteiger partial charge is 0.0928 e. The third-order valence-electron chi connectivity index (χ3n) is 4.18. The molecule has 0 aliphatic carbocycles. The molecule has 1 aromatic carbocycles. The zero-order valence-electron chi connectivity index (χ0n) is 14.2. The third-order valence-corrected chi connectivity index (χ3v) is 4.41. The lowest BCUT2D eigenvalue weighted by molar-refractivity contribution is -0.0341. The first-order valence-corrected chi connectivity index (χ1v) is 8.51. The molecule has 0 saturated carbocycles. The summed E-state index contributed by atoms with van der Waals surface area (Å²) >= 11 is 6.19. The molecule has 1 rings (SSSR count). The number of ether oxygens (including phenoxy) is 2. The zero-order valence-corrected chi connectivity index (χ0v) is 14.9. The first-order valence-electron chi connectivity index (χ1n) is 8.13. The molecule has 0 aliphatic rings. The van der Waals surface area contributed by atoms with Gasteiger partial charge in [-0.2, -0.15) is 0 Å². The number of benzene rings is 1. The molecule has 126 valence electrons. The minimum atomic E-state index is -0.244. The van der Waals surface area contributed by atoms with Gasteiger partial charge in [-0.1, -0.05) is 23.7 Å². The molecule has 0 saturated heterocycles. The molecule has 1 N–H and O–H groups in total. The number of methoxy groups -OCH3 is 2. The molecule has 0 fully saturated rings. The van der Waals surface area contributed by atoms with Crippen LogP contribution >= 0.6 is 11.6 Å². The van der Waals surface area contributed by atoms with Gasteiger partial charge in [-0.25, -0.2) is 0 Å². The summed E-state index contributed by atoms with van der Waals surface area (Å²) in [5.74, 6) is 0. The second-order valence-corrected chi connectivity index (χ2v) is 6.16. The average molecular weight is 328 g/mol. The van der Waals surface area contributed by atoms with Crippen LogP contribution in [0.1, 0.15) is 44.1 Å². The van der Waals surface area contributed by atoms with Crippen LogP contribution in [0.5, 0.6) is 0 Å². The van der Waals surface area contributed by atoms with Gasteiger partial charge in [0.1, 0.15) is 0 Å². The highest BCUT2D eigenvalue weighted by Crippen LogP contribution is 2.37. The number of nitrogens with one attached hydrogen (secondary N) is 1. The van der Waals surface area contributed by atoms with E-state index in [-0.39, 0.29) is 5.60 Å². The van der Waals surface area contributed by atoms with Crippen molar-refractivity contribution in [3.05, 3.63) is 34.9 Å². The molecule has 4 heteroatoms. The highest BCUT2D eigenvalue weighted by Gasteiger charge is 2.31. The second-order valence-electron chi connectivity index (χ2n) is 5.72. The topological polar surface area (TPSA) is 30.5 Å². The lowest BCUT2D eigenvalue weighted by Gasteiger charge is -2.34. The summed E-state index contributed by atoms with van der Waals surface area (Å²) < 4.78 is 11.2. The highest BCUT2D eigenvalue weighted by molar-refractivity contribution is 6.30. The summed E-state index contributed by atoms with van der Waals surface area (Å²) in [5, 5.41) is 3.97. The number of halogens is 1. The molecule has 0 bridgehead atoms. The SMILES string of the molecule is CNCCCC[C@](CCCCOC)(OC)c1cccc(Cl)c1. The van der Waals surface area contributed by atoms with Gasteiger partial charge in [0, 0.05) is 25.8 Å². The van der Waals surface area contributed by atoms with E-state index in [1.54, 1.807) is 7.11 Å². The maximum Gasteiger partial charge on any atom is 0.0928 e. The van der Waals surface area contributed by atoms with E-state index in [1.807, 2.05) is 32.4 Å². The van der Waals surface area contributed by atoms with Gasteiger partial charge in [0.25, 0.3) is 0 Å². The minimum Gasteiger partial charge on any atom is -0.385 e. The Morgan fingerprint density at radius 3 is 2.41 bits per heavy atom. The van der Waals surface area contributed by atoms with Gasteiger partial charge in [0.15, 0.2) is 0 Å².